The van der Waals surface area contributed by atoms with E-state index in [1.165, 1.54) is 6.21 Å². The highest BCUT2D eigenvalue weighted by atomic mass is 16.5. The molecule has 1 fully saturated rings. The number of hydrogen-bond acceptors (Lipinski definition) is 7. The number of para-hydroxylation sites is 2. The van der Waals surface area contributed by atoms with E-state index in [-0.39, 0.29) is 26.0 Å². The molecule has 0 radical (unpaired) electrons. The van der Waals surface area contributed by atoms with Crippen molar-refractivity contribution >= 4 is 57.9 Å². The van der Waals surface area contributed by atoms with Crippen molar-refractivity contribution in [3.63, 3.8) is 0 Å². The highest BCUT2D eigenvalue weighted by Crippen LogP contribution is 2.21. The van der Waals surface area contributed by atoms with Crippen molar-refractivity contribution in [3.8, 4) is 0 Å². The fraction of sp³-hybridized carbons (Fsp3) is 0.190. The van der Waals surface area contributed by atoms with Gasteiger partial charge in [0.15, 0.2) is 0 Å². The van der Waals surface area contributed by atoms with Gasteiger partial charge >= 0.3 is 12.1 Å². The van der Waals surface area contributed by atoms with Crippen molar-refractivity contribution in [1.29, 1.82) is 0 Å². The van der Waals surface area contributed by atoms with Crippen molar-refractivity contribution in [1.82, 2.24) is 36.2 Å². The topological polar surface area (TPSA) is 190 Å². The first-order valence-corrected chi connectivity index (χ1v) is 18.2. The summed E-state index contributed by atoms with van der Waals surface area (Å²) >= 11 is 0. The van der Waals surface area contributed by atoms with Gasteiger partial charge in [-0.3, -0.25) is 19.7 Å². The second-order valence-electron chi connectivity index (χ2n) is 13.4. The largest absolute Gasteiger partial charge is 0.445 e. The van der Waals surface area contributed by atoms with Crippen LogP contribution in [0.15, 0.2) is 127 Å². The second kappa shape index (κ2) is 17.3. The normalized spacial score (nSPS) is 14.4. The Morgan fingerprint density at radius 2 is 1.21 bits per heavy atom. The number of carbonyl (C=O) groups excluding carboxylic acids is 5. The fourth-order valence-corrected chi connectivity index (χ4v) is 6.62. The molecule has 6 amide bonds. The number of H-pyrrole nitrogens is 2. The summed E-state index contributed by atoms with van der Waals surface area (Å²) in [6.07, 6.45) is 4.68. The summed E-state index contributed by atoms with van der Waals surface area (Å²) in [6.45, 7) is -0.253. The molecule has 6 N–H and O–H groups in total. The molecule has 7 rings (SSSR count). The van der Waals surface area contributed by atoms with Gasteiger partial charge in [-0.1, -0.05) is 97.1 Å². The minimum Gasteiger partial charge on any atom is -0.445 e. The maximum absolute atomic E-state index is 14.4. The molecule has 0 bridgehead atoms. The van der Waals surface area contributed by atoms with Gasteiger partial charge in [-0.05, 0) is 40.8 Å². The maximum atomic E-state index is 14.4. The molecule has 3 heterocycles. The number of ether oxygens (including phenoxy) is 1. The number of nitrogens with one attached hydrogen (secondary N) is 6. The van der Waals surface area contributed by atoms with E-state index in [2.05, 4.69) is 36.3 Å². The van der Waals surface area contributed by atoms with Crippen LogP contribution in [0.2, 0.25) is 0 Å². The molecule has 56 heavy (non-hydrogen) atoms. The third-order valence-electron chi connectivity index (χ3n) is 9.44. The third-order valence-corrected chi connectivity index (χ3v) is 9.44. The lowest BCUT2D eigenvalue weighted by atomic mass is 10.0. The Balaban J connectivity index is 1.16. The Kier molecular flexibility index (Phi) is 11.5. The smallest absolute Gasteiger partial charge is 0.408 e. The van der Waals surface area contributed by atoms with Crippen LogP contribution in [0.3, 0.4) is 0 Å². The molecule has 1 aliphatic heterocycles. The van der Waals surface area contributed by atoms with Crippen molar-refractivity contribution in [3.05, 3.63) is 144 Å². The van der Waals surface area contributed by atoms with E-state index in [0.29, 0.717) is 6.42 Å². The van der Waals surface area contributed by atoms with E-state index in [9.17, 15) is 24.0 Å². The van der Waals surface area contributed by atoms with Gasteiger partial charge in [0.1, 0.15) is 25.2 Å². The molecule has 4 aromatic carbocycles. The Hall–Kier alpha value is -7.22. The number of aromatic nitrogens is 2. The molecule has 284 valence electrons. The number of carbonyl (C=O) groups is 5. The average molecular weight is 753 g/mol. The number of urea groups is 1. The number of hydrazone groups is 1. The van der Waals surface area contributed by atoms with Gasteiger partial charge in [0.2, 0.25) is 17.7 Å². The number of benzene rings is 4. The van der Waals surface area contributed by atoms with Crippen molar-refractivity contribution in [2.24, 2.45) is 5.10 Å². The number of fused-ring (bicyclic) bond motifs is 2. The van der Waals surface area contributed by atoms with Crippen LogP contribution in [-0.4, -0.2) is 75.7 Å². The van der Waals surface area contributed by atoms with Crippen LogP contribution >= 0.6 is 0 Å². The first-order valence-electron chi connectivity index (χ1n) is 18.2. The summed E-state index contributed by atoms with van der Waals surface area (Å²) < 4.78 is 5.50. The zero-order valence-electron chi connectivity index (χ0n) is 30.2. The van der Waals surface area contributed by atoms with E-state index in [0.717, 1.165) is 49.1 Å². The summed E-state index contributed by atoms with van der Waals surface area (Å²) in [5.41, 5.74) is 4.95. The lowest BCUT2D eigenvalue weighted by Crippen LogP contribution is -2.56. The van der Waals surface area contributed by atoms with Gasteiger partial charge in [-0.25, -0.2) is 14.6 Å². The predicted molar refractivity (Wildman–Crippen MR) is 210 cm³/mol. The molecule has 0 aliphatic carbocycles. The Labute approximate surface area is 321 Å². The van der Waals surface area contributed by atoms with Crippen LogP contribution in [0, 0.1) is 0 Å². The summed E-state index contributed by atoms with van der Waals surface area (Å²) in [5.74, 6) is -1.63. The van der Waals surface area contributed by atoms with Crippen LogP contribution < -0.4 is 21.3 Å². The summed E-state index contributed by atoms with van der Waals surface area (Å²) in [4.78, 5) is 72.5. The van der Waals surface area contributed by atoms with Crippen LogP contribution in [0.5, 0.6) is 0 Å². The molecule has 0 saturated carbocycles. The monoisotopic (exact) mass is 752 g/mol. The number of amides is 6. The lowest BCUT2D eigenvalue weighted by molar-refractivity contribution is -0.130. The number of imide groups is 1. The minimum atomic E-state index is -1.14. The Morgan fingerprint density at radius 3 is 1.80 bits per heavy atom. The second-order valence-corrected chi connectivity index (χ2v) is 13.4. The van der Waals surface area contributed by atoms with Gasteiger partial charge in [-0.15, -0.1) is 0 Å². The number of alkyl carbamates (subject to hydrolysis) is 1. The molecular formula is C42H40N8O6. The fourth-order valence-electron chi connectivity index (χ4n) is 6.62. The number of nitrogens with zero attached hydrogens (tertiary/aromatic N) is 2. The summed E-state index contributed by atoms with van der Waals surface area (Å²) in [6, 6.07) is 30.1. The van der Waals surface area contributed by atoms with Gasteiger partial charge in [0.25, 0.3) is 0 Å². The zero-order chi connectivity index (χ0) is 38.9. The van der Waals surface area contributed by atoms with E-state index < -0.39 is 48.0 Å². The van der Waals surface area contributed by atoms with Crippen molar-refractivity contribution in [2.45, 2.75) is 44.0 Å². The Bertz CT molecular complexity index is 2370. The maximum Gasteiger partial charge on any atom is 0.408 e. The molecule has 14 heteroatoms. The van der Waals surface area contributed by atoms with E-state index in [4.69, 9.17) is 4.74 Å². The van der Waals surface area contributed by atoms with Gasteiger partial charge in [0.05, 0.1) is 6.04 Å². The van der Waals surface area contributed by atoms with E-state index in [1.807, 2.05) is 109 Å². The van der Waals surface area contributed by atoms with Crippen LogP contribution in [0.25, 0.3) is 21.8 Å². The summed E-state index contributed by atoms with van der Waals surface area (Å²) in [5, 5.41) is 17.8. The van der Waals surface area contributed by atoms with Crippen LogP contribution in [-0.2, 0) is 45.0 Å². The molecule has 0 spiro atoms. The molecule has 14 nitrogen and oxygen atoms in total. The molecule has 3 atom stereocenters. The minimum absolute atomic E-state index is 0.00268. The Morgan fingerprint density at radius 1 is 0.679 bits per heavy atom. The highest BCUT2D eigenvalue weighted by molar-refractivity contribution is 6.02. The lowest BCUT2D eigenvalue weighted by Gasteiger charge is -2.25. The molecular weight excluding hydrogens is 713 g/mol. The van der Waals surface area contributed by atoms with Crippen molar-refractivity contribution < 1.29 is 28.7 Å². The highest BCUT2D eigenvalue weighted by Gasteiger charge is 2.31. The standard InChI is InChI=1S/C42H40N8O6/c51-38-25-50(41(54)49-38)45-24-31(19-27-11-3-1-4-12-27)46-39(52)36(20-29-22-43-34-17-9-7-15-32(29)34)47-40(53)37(21-30-23-44-35-18-10-8-16-33(30)35)48-42(55)56-26-28-13-5-2-6-14-28/h1-18,22-24,31,36-37,43-44H,19-21,25-26H2,(H,46,52)(H,47,53)(H,48,55)(H,49,51,54)/b45-24+/t31-,36+,37+/m1/s1. The van der Waals surface area contributed by atoms with E-state index >= 15 is 0 Å². The first kappa shape index (κ1) is 37.1. The molecule has 6 aromatic rings. The number of aromatic amines is 2. The van der Waals surface area contributed by atoms with Gasteiger partial charge in [0, 0.05) is 53.3 Å². The first-order chi connectivity index (χ1) is 27.3. The van der Waals surface area contributed by atoms with E-state index in [1.54, 1.807) is 12.4 Å². The van der Waals surface area contributed by atoms with Crippen LogP contribution in [0.4, 0.5) is 9.59 Å². The van der Waals surface area contributed by atoms with Gasteiger partial charge < -0.3 is 30.7 Å². The van der Waals surface area contributed by atoms with Crippen LogP contribution in [0.1, 0.15) is 22.3 Å². The SMILES string of the molecule is O=C1CN(/N=C/[C@@H](Cc2ccccc2)NC(=O)[C@H](Cc2c[nH]c3ccccc23)NC(=O)[C@H](Cc2c[nH]c3ccccc23)NC(=O)OCc2ccccc2)C(=O)N1. The quantitative estimate of drug-likeness (QED) is 0.0663. The molecule has 1 aliphatic rings. The third kappa shape index (κ3) is 9.28. The molecule has 0 unspecified atom stereocenters. The summed E-state index contributed by atoms with van der Waals surface area (Å²) in [7, 11) is 0. The average Bonchev–Trinajstić information content (AvgIpc) is 3.92. The number of rotatable bonds is 15. The number of hydrogen-bond donors (Lipinski definition) is 6. The van der Waals surface area contributed by atoms with Crippen molar-refractivity contribution in [2.75, 3.05) is 6.54 Å². The molecule has 1 saturated heterocycles. The van der Waals surface area contributed by atoms with Gasteiger partial charge in [-0.2, -0.15) is 5.10 Å². The zero-order valence-corrected chi connectivity index (χ0v) is 30.2. The predicted octanol–water partition coefficient (Wildman–Crippen LogP) is 4.48. The molecule has 2 aromatic heterocycles.